The highest BCUT2D eigenvalue weighted by Gasteiger charge is 2.10. The summed E-state index contributed by atoms with van der Waals surface area (Å²) in [7, 11) is 0. The molecule has 0 radical (unpaired) electrons. The predicted octanol–water partition coefficient (Wildman–Crippen LogP) is 2.52. The molecule has 1 atom stereocenters. The van der Waals surface area contributed by atoms with Crippen molar-refractivity contribution in [1.82, 2.24) is 14.6 Å². The first-order valence-corrected chi connectivity index (χ1v) is 7.06. The van der Waals surface area contributed by atoms with E-state index in [2.05, 4.69) is 10.2 Å². The van der Waals surface area contributed by atoms with Crippen LogP contribution >= 0.6 is 11.8 Å². The standard InChI is InChI=1S/C14H14N4S/c15-12(11-6-2-1-3-7-11)10-19-14-17-16-13-8-4-5-9-18(13)14/h1-9,12H,10,15H2. The maximum atomic E-state index is 6.18. The third kappa shape index (κ3) is 2.62. The normalized spacial score (nSPS) is 12.7. The zero-order valence-electron chi connectivity index (χ0n) is 10.3. The number of pyridine rings is 1. The van der Waals surface area contributed by atoms with Crippen molar-refractivity contribution in [3.05, 3.63) is 60.3 Å². The molecule has 0 aliphatic heterocycles. The van der Waals surface area contributed by atoms with E-state index < -0.39 is 0 Å². The van der Waals surface area contributed by atoms with Gasteiger partial charge in [-0.1, -0.05) is 48.2 Å². The summed E-state index contributed by atoms with van der Waals surface area (Å²) in [5, 5.41) is 9.18. The van der Waals surface area contributed by atoms with Crippen LogP contribution in [-0.2, 0) is 0 Å². The monoisotopic (exact) mass is 270 g/mol. The van der Waals surface area contributed by atoms with E-state index in [1.807, 2.05) is 59.1 Å². The van der Waals surface area contributed by atoms with Gasteiger partial charge in [-0.2, -0.15) is 0 Å². The van der Waals surface area contributed by atoms with Crippen molar-refractivity contribution in [2.45, 2.75) is 11.2 Å². The number of thioether (sulfide) groups is 1. The van der Waals surface area contributed by atoms with Crippen LogP contribution in [0, 0.1) is 0 Å². The fourth-order valence-corrected chi connectivity index (χ4v) is 2.79. The van der Waals surface area contributed by atoms with Gasteiger partial charge < -0.3 is 5.73 Å². The van der Waals surface area contributed by atoms with Crippen LogP contribution in [0.2, 0.25) is 0 Å². The van der Waals surface area contributed by atoms with Gasteiger partial charge >= 0.3 is 0 Å². The Morgan fingerprint density at radius 3 is 2.68 bits per heavy atom. The fourth-order valence-electron chi connectivity index (χ4n) is 1.88. The molecule has 2 N–H and O–H groups in total. The minimum absolute atomic E-state index is 0.00209. The average molecular weight is 270 g/mol. The summed E-state index contributed by atoms with van der Waals surface area (Å²) < 4.78 is 1.97. The summed E-state index contributed by atoms with van der Waals surface area (Å²) >= 11 is 1.62. The largest absolute Gasteiger partial charge is 0.323 e. The summed E-state index contributed by atoms with van der Waals surface area (Å²) in [4.78, 5) is 0. The highest BCUT2D eigenvalue weighted by atomic mass is 32.2. The molecule has 1 aromatic carbocycles. The summed E-state index contributed by atoms with van der Waals surface area (Å²) in [6, 6.07) is 16.0. The molecule has 0 spiro atoms. The zero-order valence-corrected chi connectivity index (χ0v) is 11.1. The van der Waals surface area contributed by atoms with Gasteiger partial charge in [-0.25, -0.2) is 0 Å². The summed E-state index contributed by atoms with van der Waals surface area (Å²) in [6.45, 7) is 0. The fraction of sp³-hybridized carbons (Fsp3) is 0.143. The molecule has 96 valence electrons. The lowest BCUT2D eigenvalue weighted by molar-refractivity contribution is 0.824. The Kier molecular flexibility index (Phi) is 3.48. The molecule has 2 aromatic heterocycles. The molecule has 4 nitrogen and oxygen atoms in total. The van der Waals surface area contributed by atoms with Crippen molar-refractivity contribution < 1.29 is 0 Å². The number of benzene rings is 1. The third-order valence-corrected chi connectivity index (χ3v) is 3.96. The van der Waals surface area contributed by atoms with E-state index in [1.54, 1.807) is 11.8 Å². The van der Waals surface area contributed by atoms with Crippen molar-refractivity contribution in [3.63, 3.8) is 0 Å². The third-order valence-electron chi connectivity index (χ3n) is 2.90. The molecular weight excluding hydrogens is 256 g/mol. The molecule has 0 saturated carbocycles. The van der Waals surface area contributed by atoms with Crippen molar-refractivity contribution in [3.8, 4) is 0 Å². The number of hydrogen-bond donors (Lipinski definition) is 1. The van der Waals surface area contributed by atoms with Crippen molar-refractivity contribution in [2.75, 3.05) is 5.75 Å². The quantitative estimate of drug-likeness (QED) is 0.740. The van der Waals surface area contributed by atoms with Crippen molar-refractivity contribution in [2.24, 2.45) is 5.73 Å². The Morgan fingerprint density at radius 1 is 1.05 bits per heavy atom. The van der Waals surface area contributed by atoms with Crippen LogP contribution in [0.25, 0.3) is 5.65 Å². The van der Waals surface area contributed by atoms with Gasteiger partial charge in [0.25, 0.3) is 0 Å². The molecule has 3 rings (SSSR count). The Morgan fingerprint density at radius 2 is 1.84 bits per heavy atom. The predicted molar refractivity (Wildman–Crippen MR) is 77.1 cm³/mol. The molecule has 0 aliphatic carbocycles. The SMILES string of the molecule is NC(CSc1nnc2ccccn12)c1ccccc1. The van der Waals surface area contributed by atoms with Crippen molar-refractivity contribution >= 4 is 17.4 Å². The van der Waals surface area contributed by atoms with E-state index in [0.717, 1.165) is 22.1 Å². The number of fused-ring (bicyclic) bond motifs is 1. The second-order valence-electron chi connectivity index (χ2n) is 4.24. The van der Waals surface area contributed by atoms with Gasteiger partial charge in [0.2, 0.25) is 0 Å². The zero-order chi connectivity index (χ0) is 13.1. The van der Waals surface area contributed by atoms with Crippen LogP contribution in [0.5, 0.6) is 0 Å². The second kappa shape index (κ2) is 5.42. The maximum Gasteiger partial charge on any atom is 0.195 e. The van der Waals surface area contributed by atoms with Gasteiger partial charge in [0.15, 0.2) is 10.8 Å². The van der Waals surface area contributed by atoms with Crippen LogP contribution in [0.1, 0.15) is 11.6 Å². The minimum Gasteiger partial charge on any atom is -0.323 e. The molecule has 5 heteroatoms. The van der Waals surface area contributed by atoms with Crippen LogP contribution in [0.15, 0.2) is 59.9 Å². The lowest BCUT2D eigenvalue weighted by atomic mass is 10.1. The van der Waals surface area contributed by atoms with E-state index >= 15 is 0 Å². The molecule has 3 aromatic rings. The molecule has 1 unspecified atom stereocenters. The van der Waals surface area contributed by atoms with Crippen LogP contribution in [-0.4, -0.2) is 20.4 Å². The Hall–Kier alpha value is -1.85. The summed E-state index contributed by atoms with van der Waals surface area (Å²) in [5.74, 6) is 0.777. The summed E-state index contributed by atoms with van der Waals surface area (Å²) in [5.41, 5.74) is 8.18. The number of nitrogens with zero attached hydrogens (tertiary/aromatic N) is 3. The lowest BCUT2D eigenvalue weighted by Crippen LogP contribution is -2.12. The first-order valence-electron chi connectivity index (χ1n) is 6.08. The van der Waals surface area contributed by atoms with E-state index in [1.165, 1.54) is 0 Å². The smallest absolute Gasteiger partial charge is 0.195 e. The van der Waals surface area contributed by atoms with Gasteiger partial charge in [-0.15, -0.1) is 10.2 Å². The molecule has 0 fully saturated rings. The van der Waals surface area contributed by atoms with E-state index in [9.17, 15) is 0 Å². The Balaban J connectivity index is 1.73. The topological polar surface area (TPSA) is 56.2 Å². The van der Waals surface area contributed by atoms with E-state index in [0.29, 0.717) is 0 Å². The average Bonchev–Trinajstić information content (AvgIpc) is 2.89. The Labute approximate surface area is 115 Å². The molecule has 0 aliphatic rings. The minimum atomic E-state index is 0.00209. The molecular formula is C14H14N4S. The van der Waals surface area contributed by atoms with Crippen molar-refractivity contribution in [1.29, 1.82) is 0 Å². The molecule has 0 amide bonds. The molecule has 0 bridgehead atoms. The number of nitrogens with two attached hydrogens (primary N) is 1. The number of aromatic nitrogens is 3. The van der Waals surface area contributed by atoms with Crippen LogP contribution < -0.4 is 5.73 Å². The van der Waals surface area contributed by atoms with Crippen LogP contribution in [0.4, 0.5) is 0 Å². The Bertz CT molecular complexity index is 665. The van der Waals surface area contributed by atoms with Gasteiger partial charge in [-0.3, -0.25) is 4.40 Å². The highest BCUT2D eigenvalue weighted by molar-refractivity contribution is 7.99. The number of hydrogen-bond acceptors (Lipinski definition) is 4. The summed E-state index contributed by atoms with van der Waals surface area (Å²) in [6.07, 6.45) is 1.96. The molecule has 2 heterocycles. The highest BCUT2D eigenvalue weighted by Crippen LogP contribution is 2.22. The van der Waals surface area contributed by atoms with E-state index in [4.69, 9.17) is 5.73 Å². The first-order chi connectivity index (χ1) is 9.34. The van der Waals surface area contributed by atoms with E-state index in [-0.39, 0.29) is 6.04 Å². The van der Waals surface area contributed by atoms with Crippen LogP contribution in [0.3, 0.4) is 0 Å². The van der Waals surface area contributed by atoms with Gasteiger partial charge in [0.05, 0.1) is 0 Å². The maximum absolute atomic E-state index is 6.18. The second-order valence-corrected chi connectivity index (χ2v) is 5.23. The lowest BCUT2D eigenvalue weighted by Gasteiger charge is -2.10. The van der Waals surface area contributed by atoms with Gasteiger partial charge in [0, 0.05) is 18.0 Å². The molecule has 0 saturated heterocycles. The first kappa shape index (κ1) is 12.2. The van der Waals surface area contributed by atoms with Gasteiger partial charge in [0.1, 0.15) is 0 Å². The van der Waals surface area contributed by atoms with Gasteiger partial charge in [-0.05, 0) is 17.7 Å². The molecule has 19 heavy (non-hydrogen) atoms. The number of rotatable bonds is 4.